The Bertz CT molecular complexity index is 933. The van der Waals surface area contributed by atoms with E-state index in [1.54, 1.807) is 6.92 Å². The van der Waals surface area contributed by atoms with Crippen molar-refractivity contribution in [3.8, 4) is 11.5 Å². The second-order valence-corrected chi connectivity index (χ2v) is 7.45. The number of allylic oxidation sites excluding steroid dienone is 2. The molecular formula is C19H21NO7S. The molecule has 1 atom stereocenters. The van der Waals surface area contributed by atoms with Crippen molar-refractivity contribution in [2.75, 3.05) is 5.75 Å². The fourth-order valence-electron chi connectivity index (χ4n) is 2.97. The van der Waals surface area contributed by atoms with Gasteiger partial charge in [0.25, 0.3) is 0 Å². The molecule has 0 aromatic heterocycles. The molecule has 28 heavy (non-hydrogen) atoms. The number of aliphatic carboxylic acids is 1. The topological polar surface area (TPSA) is 141 Å². The first-order valence-corrected chi connectivity index (χ1v) is 9.51. The van der Waals surface area contributed by atoms with Crippen LogP contribution in [0.4, 0.5) is 0 Å². The maximum atomic E-state index is 13.0. The number of amides is 1. The Morgan fingerprint density at radius 3 is 1.96 bits per heavy atom. The molecule has 1 aliphatic carbocycles. The lowest BCUT2D eigenvalue weighted by atomic mass is 9.84. The molecule has 150 valence electrons. The number of Topliss-reactive ketones (excluding diaryl/α,β-unsaturated/α-hetero) is 2. The first-order valence-electron chi connectivity index (χ1n) is 8.53. The van der Waals surface area contributed by atoms with Crippen molar-refractivity contribution in [1.82, 2.24) is 5.32 Å². The minimum Gasteiger partial charge on any atom is -0.507 e. The number of hydrogen-bond acceptors (Lipinski definition) is 7. The van der Waals surface area contributed by atoms with Gasteiger partial charge in [0.15, 0.2) is 5.78 Å². The molecule has 4 N–H and O–H groups in total. The molecule has 0 saturated carbocycles. The van der Waals surface area contributed by atoms with Gasteiger partial charge in [0, 0.05) is 18.2 Å². The molecule has 1 aliphatic rings. The predicted molar refractivity (Wildman–Crippen MR) is 103 cm³/mol. The number of carboxylic acid groups (broad SMARTS) is 1. The van der Waals surface area contributed by atoms with Gasteiger partial charge in [-0.05, 0) is 31.4 Å². The molecule has 0 radical (unpaired) electrons. The number of nitrogens with one attached hydrogen (secondary N) is 1. The van der Waals surface area contributed by atoms with Crippen molar-refractivity contribution in [2.24, 2.45) is 0 Å². The maximum Gasteiger partial charge on any atom is 0.327 e. The molecule has 1 aromatic rings. The summed E-state index contributed by atoms with van der Waals surface area (Å²) in [7, 11) is 0. The standard InChI is InChI=1S/C19H21NO7S/c1-5-10-16(24)12-13(15(23)8(3)7(2)14(12)22)17(25)18(10)28-6-11(19(26)27)20-9(4)21/h11,22-23H,5-6H2,1-4H3,(H,20,21)(H,26,27)/t11-/m0/s1. The summed E-state index contributed by atoms with van der Waals surface area (Å²) in [6.45, 7) is 5.89. The molecule has 0 heterocycles. The molecule has 9 heteroatoms. The zero-order valence-electron chi connectivity index (χ0n) is 15.9. The van der Waals surface area contributed by atoms with Crippen LogP contribution in [0.2, 0.25) is 0 Å². The molecule has 0 spiro atoms. The van der Waals surface area contributed by atoms with Crippen molar-refractivity contribution in [3.63, 3.8) is 0 Å². The van der Waals surface area contributed by atoms with Crippen molar-refractivity contribution >= 4 is 35.2 Å². The molecule has 0 saturated heterocycles. The van der Waals surface area contributed by atoms with E-state index in [0.29, 0.717) is 5.56 Å². The minimum absolute atomic E-state index is 0.00885. The number of carbonyl (C=O) groups is 4. The lowest BCUT2D eigenvalue weighted by molar-refractivity contribution is -0.140. The van der Waals surface area contributed by atoms with Gasteiger partial charge < -0.3 is 20.6 Å². The third-order valence-electron chi connectivity index (χ3n) is 4.63. The number of aromatic hydroxyl groups is 2. The molecule has 8 nitrogen and oxygen atoms in total. The van der Waals surface area contributed by atoms with Crippen LogP contribution in [0.15, 0.2) is 10.5 Å². The second kappa shape index (κ2) is 8.05. The van der Waals surface area contributed by atoms with Gasteiger partial charge >= 0.3 is 5.97 Å². The lowest BCUT2D eigenvalue weighted by Crippen LogP contribution is -2.41. The number of rotatable bonds is 6. The number of thioether (sulfide) groups is 1. The highest BCUT2D eigenvalue weighted by Gasteiger charge is 2.38. The summed E-state index contributed by atoms with van der Waals surface area (Å²) in [5.74, 6) is -3.96. The number of ketones is 2. The SMILES string of the molecule is CCC1=C(SC[C@H](NC(C)=O)C(=O)O)C(=O)c2c(O)c(C)c(C)c(O)c2C1=O. The van der Waals surface area contributed by atoms with E-state index in [1.807, 2.05) is 0 Å². The van der Waals surface area contributed by atoms with E-state index in [2.05, 4.69) is 5.32 Å². The number of hydrogen-bond donors (Lipinski definition) is 4. The van der Waals surface area contributed by atoms with Crippen LogP contribution < -0.4 is 5.32 Å². The van der Waals surface area contributed by atoms with E-state index < -0.39 is 29.5 Å². The van der Waals surface area contributed by atoms with Crippen LogP contribution in [0.25, 0.3) is 0 Å². The van der Waals surface area contributed by atoms with Gasteiger partial charge in [0.1, 0.15) is 17.5 Å². The summed E-state index contributed by atoms with van der Waals surface area (Å²) in [5, 5.41) is 32.3. The number of phenols is 2. The predicted octanol–water partition coefficient (Wildman–Crippen LogP) is 2.08. The van der Waals surface area contributed by atoms with Crippen LogP contribution in [-0.2, 0) is 9.59 Å². The summed E-state index contributed by atoms with van der Waals surface area (Å²) >= 11 is 0.829. The smallest absolute Gasteiger partial charge is 0.327 e. The van der Waals surface area contributed by atoms with Gasteiger partial charge in [-0.15, -0.1) is 11.8 Å². The highest BCUT2D eigenvalue weighted by molar-refractivity contribution is 8.04. The van der Waals surface area contributed by atoms with Crippen LogP contribution in [0.1, 0.15) is 52.1 Å². The monoisotopic (exact) mass is 407 g/mol. The molecule has 0 unspecified atom stereocenters. The number of carbonyl (C=O) groups excluding carboxylic acids is 3. The van der Waals surface area contributed by atoms with Gasteiger partial charge in [-0.2, -0.15) is 0 Å². The Morgan fingerprint density at radius 2 is 1.54 bits per heavy atom. The fraction of sp³-hybridized carbons (Fsp3) is 0.368. The highest BCUT2D eigenvalue weighted by atomic mass is 32.2. The van der Waals surface area contributed by atoms with Crippen LogP contribution in [0, 0.1) is 13.8 Å². The zero-order chi connectivity index (χ0) is 21.3. The Kier molecular flexibility index (Phi) is 6.18. The molecule has 1 amide bonds. The van der Waals surface area contributed by atoms with Crippen LogP contribution in [-0.4, -0.2) is 50.6 Å². The zero-order valence-corrected chi connectivity index (χ0v) is 16.7. The van der Waals surface area contributed by atoms with Crippen molar-refractivity contribution in [1.29, 1.82) is 0 Å². The maximum absolute atomic E-state index is 13.0. The average molecular weight is 407 g/mol. The molecular weight excluding hydrogens is 386 g/mol. The third-order valence-corrected chi connectivity index (χ3v) is 5.85. The molecule has 0 fully saturated rings. The van der Waals surface area contributed by atoms with Crippen LogP contribution in [0.5, 0.6) is 11.5 Å². The summed E-state index contributed by atoms with van der Waals surface area (Å²) in [6.07, 6.45) is 0.178. The number of benzene rings is 1. The molecule has 2 rings (SSSR count). The van der Waals surface area contributed by atoms with Gasteiger partial charge in [0.05, 0.1) is 16.0 Å². The Balaban J connectivity index is 2.53. The first-order chi connectivity index (χ1) is 13.0. The van der Waals surface area contributed by atoms with Crippen LogP contribution >= 0.6 is 11.8 Å². The molecule has 1 aromatic carbocycles. The number of phenolic OH excluding ortho intramolecular Hbond substituents is 2. The normalized spacial score (nSPS) is 14.7. The Labute approximate surface area is 165 Å². The van der Waals surface area contributed by atoms with Gasteiger partial charge in [-0.25, -0.2) is 4.79 Å². The Hall–Kier alpha value is -2.81. The van der Waals surface area contributed by atoms with Crippen molar-refractivity contribution in [2.45, 2.75) is 40.2 Å². The quantitative estimate of drug-likeness (QED) is 0.525. The number of carboxylic acids is 1. The lowest BCUT2D eigenvalue weighted by Gasteiger charge is -2.24. The highest BCUT2D eigenvalue weighted by Crippen LogP contribution is 2.44. The van der Waals surface area contributed by atoms with E-state index >= 15 is 0 Å². The fourth-order valence-corrected chi connectivity index (χ4v) is 4.18. The molecule has 0 bridgehead atoms. The summed E-state index contributed by atoms with van der Waals surface area (Å²) in [4.78, 5) is 48.5. The number of fused-ring (bicyclic) bond motifs is 1. The minimum atomic E-state index is -1.27. The van der Waals surface area contributed by atoms with Gasteiger partial charge in [0.2, 0.25) is 11.7 Å². The Morgan fingerprint density at radius 1 is 1.04 bits per heavy atom. The van der Waals surface area contributed by atoms with E-state index in [-0.39, 0.29) is 50.8 Å². The molecule has 0 aliphatic heterocycles. The summed E-state index contributed by atoms with van der Waals surface area (Å²) in [6, 6.07) is -1.25. The summed E-state index contributed by atoms with van der Waals surface area (Å²) < 4.78 is 0. The summed E-state index contributed by atoms with van der Waals surface area (Å²) in [5.41, 5.74) is 0.205. The largest absolute Gasteiger partial charge is 0.507 e. The first kappa shape index (κ1) is 21.5. The van der Waals surface area contributed by atoms with Crippen molar-refractivity contribution < 1.29 is 34.5 Å². The van der Waals surface area contributed by atoms with E-state index in [9.17, 15) is 34.5 Å². The van der Waals surface area contributed by atoms with Gasteiger partial charge in [-0.1, -0.05) is 6.92 Å². The third kappa shape index (κ3) is 3.62. The second-order valence-electron chi connectivity index (χ2n) is 6.42. The van der Waals surface area contributed by atoms with Crippen molar-refractivity contribution in [3.05, 3.63) is 32.7 Å². The van der Waals surface area contributed by atoms with E-state index in [0.717, 1.165) is 11.8 Å². The van der Waals surface area contributed by atoms with E-state index in [1.165, 1.54) is 20.8 Å². The average Bonchev–Trinajstić information content (AvgIpc) is 2.62. The van der Waals surface area contributed by atoms with Crippen LogP contribution in [0.3, 0.4) is 0 Å². The van der Waals surface area contributed by atoms with Gasteiger partial charge in [-0.3, -0.25) is 14.4 Å². The van der Waals surface area contributed by atoms with E-state index in [4.69, 9.17) is 0 Å².